The predicted octanol–water partition coefficient (Wildman–Crippen LogP) is 2.36. The Morgan fingerprint density at radius 3 is 2.71 bits per heavy atom. The highest BCUT2D eigenvalue weighted by Gasteiger charge is 2.07. The summed E-state index contributed by atoms with van der Waals surface area (Å²) in [5, 5.41) is 0. The Balaban J connectivity index is 2.26. The molecule has 0 aliphatic rings. The van der Waals surface area contributed by atoms with E-state index in [1.807, 2.05) is 30.3 Å². The van der Waals surface area contributed by atoms with Crippen molar-refractivity contribution in [1.82, 2.24) is 0 Å². The largest absolute Gasteiger partial charge is 0.374 e. The van der Waals surface area contributed by atoms with Gasteiger partial charge in [-0.15, -0.1) is 6.58 Å². The van der Waals surface area contributed by atoms with Crippen LogP contribution >= 0.6 is 0 Å². The third-order valence-electron chi connectivity index (χ3n) is 2.24. The Labute approximate surface area is 102 Å². The first-order valence-corrected chi connectivity index (χ1v) is 5.64. The van der Waals surface area contributed by atoms with Crippen LogP contribution in [0.25, 0.3) is 0 Å². The third kappa shape index (κ3) is 6.00. The monoisotopic (exact) mass is 234 g/mol. The van der Waals surface area contributed by atoms with E-state index in [4.69, 9.17) is 9.47 Å². The minimum absolute atomic E-state index is 0.0959. The molecule has 3 heteroatoms. The third-order valence-corrected chi connectivity index (χ3v) is 2.24. The fraction of sp³-hybridized carbons (Fsp3) is 0.357. The Morgan fingerprint density at radius 1 is 1.29 bits per heavy atom. The zero-order valence-electron chi connectivity index (χ0n) is 9.88. The molecule has 0 fully saturated rings. The molecule has 0 bridgehead atoms. The summed E-state index contributed by atoms with van der Waals surface area (Å²) >= 11 is 0. The van der Waals surface area contributed by atoms with Crippen LogP contribution in [0, 0.1) is 0 Å². The van der Waals surface area contributed by atoms with E-state index in [2.05, 4.69) is 6.58 Å². The van der Waals surface area contributed by atoms with Crippen LogP contribution in [0.3, 0.4) is 0 Å². The number of ether oxygens (including phenoxy) is 2. The topological polar surface area (TPSA) is 35.5 Å². The lowest BCUT2D eigenvalue weighted by Gasteiger charge is -2.14. The van der Waals surface area contributed by atoms with Crippen LogP contribution in [0.5, 0.6) is 0 Å². The lowest BCUT2D eigenvalue weighted by Crippen LogP contribution is -2.20. The van der Waals surface area contributed by atoms with Gasteiger partial charge in [-0.1, -0.05) is 36.4 Å². The molecule has 1 unspecified atom stereocenters. The van der Waals surface area contributed by atoms with Crippen molar-refractivity contribution in [1.29, 1.82) is 0 Å². The Morgan fingerprint density at radius 2 is 2.06 bits per heavy atom. The fourth-order valence-corrected chi connectivity index (χ4v) is 1.43. The van der Waals surface area contributed by atoms with Gasteiger partial charge in [0.25, 0.3) is 0 Å². The number of aldehydes is 1. The first-order chi connectivity index (χ1) is 8.36. The molecule has 1 aromatic carbocycles. The summed E-state index contributed by atoms with van der Waals surface area (Å²) in [6.45, 7) is 4.78. The Bertz CT molecular complexity index is 321. The van der Waals surface area contributed by atoms with E-state index < -0.39 is 0 Å². The van der Waals surface area contributed by atoms with E-state index >= 15 is 0 Å². The highest BCUT2D eigenvalue weighted by Crippen LogP contribution is 2.04. The maximum atomic E-state index is 10.2. The van der Waals surface area contributed by atoms with E-state index in [1.54, 1.807) is 6.08 Å². The number of benzene rings is 1. The van der Waals surface area contributed by atoms with Crippen molar-refractivity contribution in [3.8, 4) is 0 Å². The summed E-state index contributed by atoms with van der Waals surface area (Å²) in [6.07, 6.45) is 3.10. The van der Waals surface area contributed by atoms with E-state index in [9.17, 15) is 4.79 Å². The van der Waals surface area contributed by atoms with Crippen molar-refractivity contribution in [2.24, 2.45) is 0 Å². The van der Waals surface area contributed by atoms with E-state index in [-0.39, 0.29) is 12.7 Å². The summed E-state index contributed by atoms with van der Waals surface area (Å²) < 4.78 is 10.8. The molecule has 0 amide bonds. The van der Waals surface area contributed by atoms with Crippen LogP contribution in [-0.2, 0) is 20.9 Å². The van der Waals surface area contributed by atoms with Crippen molar-refractivity contribution in [2.75, 3.05) is 13.2 Å². The minimum Gasteiger partial charge on any atom is -0.374 e. The molecule has 0 spiro atoms. The van der Waals surface area contributed by atoms with Gasteiger partial charge in [-0.3, -0.25) is 0 Å². The second-order valence-corrected chi connectivity index (χ2v) is 3.65. The molecule has 0 radical (unpaired) electrons. The molecule has 17 heavy (non-hydrogen) atoms. The molecule has 0 N–H and O–H groups in total. The van der Waals surface area contributed by atoms with Gasteiger partial charge in [0.15, 0.2) is 0 Å². The fourth-order valence-electron chi connectivity index (χ4n) is 1.43. The number of hydrogen-bond donors (Lipinski definition) is 0. The summed E-state index contributed by atoms with van der Waals surface area (Å²) in [5.41, 5.74) is 1.13. The number of hydrogen-bond acceptors (Lipinski definition) is 3. The highest BCUT2D eigenvalue weighted by molar-refractivity contribution is 5.50. The summed E-state index contributed by atoms with van der Waals surface area (Å²) in [5.74, 6) is 0. The van der Waals surface area contributed by atoms with Gasteiger partial charge in [0, 0.05) is 0 Å². The Kier molecular flexibility index (Phi) is 6.95. The van der Waals surface area contributed by atoms with Crippen LogP contribution in [0.4, 0.5) is 0 Å². The quantitative estimate of drug-likeness (QED) is 0.486. The lowest BCUT2D eigenvalue weighted by molar-refractivity contribution is -0.115. The van der Waals surface area contributed by atoms with E-state index in [1.165, 1.54) is 0 Å². The van der Waals surface area contributed by atoms with Crippen LogP contribution in [-0.4, -0.2) is 25.6 Å². The first-order valence-electron chi connectivity index (χ1n) is 5.64. The van der Waals surface area contributed by atoms with Crippen LogP contribution in [0.2, 0.25) is 0 Å². The van der Waals surface area contributed by atoms with Crippen molar-refractivity contribution in [2.45, 2.75) is 19.1 Å². The molecule has 1 rings (SSSR count). The smallest absolute Gasteiger partial charge is 0.145 e. The second kappa shape index (κ2) is 8.67. The standard InChI is InChI=1S/C14H18O3/c1-2-6-14(17-10-9-15)12-16-11-13-7-4-3-5-8-13/h2-5,7-9,14H,1,6,10-12H2. The minimum atomic E-state index is -0.0959. The van der Waals surface area contributed by atoms with Crippen molar-refractivity contribution >= 4 is 6.29 Å². The van der Waals surface area contributed by atoms with E-state index in [0.29, 0.717) is 19.6 Å². The van der Waals surface area contributed by atoms with Gasteiger partial charge in [-0.05, 0) is 12.0 Å². The van der Waals surface area contributed by atoms with Crippen LogP contribution in [0.1, 0.15) is 12.0 Å². The molecule has 0 aromatic heterocycles. The molecular weight excluding hydrogens is 216 g/mol. The number of carbonyl (C=O) groups excluding carboxylic acids is 1. The van der Waals surface area contributed by atoms with Gasteiger partial charge in [-0.25, -0.2) is 0 Å². The molecule has 1 aromatic rings. The van der Waals surface area contributed by atoms with Crippen molar-refractivity contribution in [3.05, 3.63) is 48.6 Å². The van der Waals surface area contributed by atoms with Gasteiger partial charge in [0.05, 0.1) is 19.3 Å². The van der Waals surface area contributed by atoms with Gasteiger partial charge in [0.2, 0.25) is 0 Å². The SMILES string of the molecule is C=CCC(COCc1ccccc1)OCC=O. The summed E-state index contributed by atoms with van der Waals surface area (Å²) in [6, 6.07) is 9.94. The van der Waals surface area contributed by atoms with Gasteiger partial charge < -0.3 is 14.3 Å². The molecule has 3 nitrogen and oxygen atoms in total. The normalized spacial score (nSPS) is 12.0. The maximum Gasteiger partial charge on any atom is 0.145 e. The first kappa shape index (κ1) is 13.6. The van der Waals surface area contributed by atoms with Crippen LogP contribution in [0.15, 0.2) is 43.0 Å². The van der Waals surface area contributed by atoms with Crippen molar-refractivity contribution < 1.29 is 14.3 Å². The van der Waals surface area contributed by atoms with Gasteiger partial charge in [0.1, 0.15) is 12.9 Å². The molecule has 0 saturated carbocycles. The number of rotatable bonds is 9. The van der Waals surface area contributed by atoms with Crippen molar-refractivity contribution in [3.63, 3.8) is 0 Å². The lowest BCUT2D eigenvalue weighted by atomic mass is 10.2. The molecule has 0 aliphatic carbocycles. The predicted molar refractivity (Wildman–Crippen MR) is 66.7 cm³/mol. The molecule has 92 valence electrons. The molecule has 0 heterocycles. The van der Waals surface area contributed by atoms with Gasteiger partial charge >= 0.3 is 0 Å². The Hall–Kier alpha value is -1.45. The average Bonchev–Trinajstić information content (AvgIpc) is 2.37. The van der Waals surface area contributed by atoms with Crippen LogP contribution < -0.4 is 0 Å². The molecule has 0 aliphatic heterocycles. The summed E-state index contributed by atoms with van der Waals surface area (Å²) in [4.78, 5) is 10.2. The van der Waals surface area contributed by atoms with Gasteiger partial charge in [-0.2, -0.15) is 0 Å². The maximum absolute atomic E-state index is 10.2. The zero-order valence-corrected chi connectivity index (χ0v) is 9.88. The average molecular weight is 234 g/mol. The highest BCUT2D eigenvalue weighted by atomic mass is 16.5. The molecular formula is C14H18O3. The molecule has 0 saturated heterocycles. The van der Waals surface area contributed by atoms with E-state index in [0.717, 1.165) is 11.8 Å². The second-order valence-electron chi connectivity index (χ2n) is 3.65. The summed E-state index contributed by atoms with van der Waals surface area (Å²) in [7, 11) is 0. The molecule has 1 atom stereocenters. The zero-order chi connectivity index (χ0) is 12.3. The number of carbonyl (C=O) groups is 1.